The van der Waals surface area contributed by atoms with Crippen LogP contribution < -0.4 is 0 Å². The molecule has 0 radical (unpaired) electrons. The number of rotatable bonds is 5. The number of hydrogen-bond donors (Lipinski definition) is 2. The molecule has 0 heterocycles. The van der Waals surface area contributed by atoms with Crippen LogP contribution in [0.3, 0.4) is 0 Å². The van der Waals surface area contributed by atoms with Crippen molar-refractivity contribution in [3.8, 4) is 0 Å². The maximum absolute atomic E-state index is 8.80. The Labute approximate surface area is 68.0 Å². The molecule has 0 atom stereocenters. The van der Waals surface area contributed by atoms with E-state index in [1.165, 1.54) is 0 Å². The summed E-state index contributed by atoms with van der Waals surface area (Å²) in [6.07, 6.45) is 1.81. The Balaban J connectivity index is 0. The van der Waals surface area contributed by atoms with Gasteiger partial charge in [0, 0.05) is 6.61 Å². The second kappa shape index (κ2) is 6.54. The molecule has 0 fully saturated rings. The van der Waals surface area contributed by atoms with E-state index in [1.54, 1.807) is 0 Å². The van der Waals surface area contributed by atoms with Crippen molar-refractivity contribution in [2.75, 3.05) is 34.0 Å². The summed E-state index contributed by atoms with van der Waals surface area (Å²) in [5, 5.41) is 17.3. The van der Waals surface area contributed by atoms with Gasteiger partial charge in [-0.3, -0.25) is 0 Å². The molecule has 0 saturated carbocycles. The number of aliphatic hydroxyl groups excluding tert-OH is 2. The fourth-order valence-electron chi connectivity index (χ4n) is 0.722. The lowest BCUT2D eigenvalue weighted by molar-refractivity contribution is -0.909. The molecule has 0 bridgehead atoms. The normalized spacial score (nSPS) is 10.9. The molecule has 4 nitrogen and oxygen atoms in total. The first kappa shape index (κ1) is 13.4. The minimum absolute atomic E-state index is 0. The summed E-state index contributed by atoms with van der Waals surface area (Å²) in [5.74, 6) is 0. The lowest BCUT2D eigenvalue weighted by Crippen LogP contribution is -2.41. The van der Waals surface area contributed by atoms with Gasteiger partial charge in [0.25, 0.3) is 0 Å². The van der Waals surface area contributed by atoms with E-state index in [4.69, 9.17) is 10.2 Å². The molecule has 70 valence electrons. The minimum Gasteiger partial charge on any atom is -0.870 e. The molecular weight excluding hydrogens is 146 g/mol. The van der Waals surface area contributed by atoms with E-state index < -0.39 is 0 Å². The Morgan fingerprint density at radius 3 is 2.00 bits per heavy atom. The minimum atomic E-state index is 0. The zero-order chi connectivity index (χ0) is 8.04. The molecule has 0 aromatic rings. The van der Waals surface area contributed by atoms with E-state index in [1.807, 2.05) is 14.1 Å². The maximum atomic E-state index is 8.80. The maximum Gasteiger partial charge on any atom is 0.179 e. The summed E-state index contributed by atoms with van der Waals surface area (Å²) >= 11 is 0. The quantitative estimate of drug-likeness (QED) is 0.331. The first-order valence-electron chi connectivity index (χ1n) is 3.66. The van der Waals surface area contributed by atoms with Crippen LogP contribution in [0.2, 0.25) is 0 Å². The number of unbranched alkanes of at least 4 members (excludes halogenated alkanes) is 1. The zero-order valence-electron chi connectivity index (χ0n) is 7.32. The van der Waals surface area contributed by atoms with Gasteiger partial charge in [0.2, 0.25) is 0 Å². The first-order chi connectivity index (χ1) is 4.62. The van der Waals surface area contributed by atoms with E-state index in [0.29, 0.717) is 4.48 Å². The molecule has 0 aromatic carbocycles. The molecule has 0 aromatic heterocycles. The lowest BCUT2D eigenvalue weighted by Gasteiger charge is -2.26. The predicted molar refractivity (Wildman–Crippen MR) is 42.3 cm³/mol. The van der Waals surface area contributed by atoms with Crippen LogP contribution in [0.1, 0.15) is 12.8 Å². The van der Waals surface area contributed by atoms with Crippen LogP contribution in [0, 0.1) is 0 Å². The smallest absolute Gasteiger partial charge is 0.179 e. The van der Waals surface area contributed by atoms with Crippen LogP contribution in [-0.4, -0.2) is 54.2 Å². The van der Waals surface area contributed by atoms with Crippen molar-refractivity contribution >= 4 is 0 Å². The summed E-state index contributed by atoms with van der Waals surface area (Å²) in [6.45, 7) is 1.36. The monoisotopic (exact) mass is 165 g/mol. The molecule has 3 N–H and O–H groups in total. The third-order valence-corrected chi connectivity index (χ3v) is 1.55. The largest absolute Gasteiger partial charge is 0.870 e. The Kier molecular flexibility index (Phi) is 7.99. The summed E-state index contributed by atoms with van der Waals surface area (Å²) in [5.41, 5.74) is 0. The molecule has 0 amide bonds. The van der Waals surface area contributed by atoms with Crippen LogP contribution in [0.15, 0.2) is 0 Å². The van der Waals surface area contributed by atoms with Crippen LogP contribution in [-0.2, 0) is 0 Å². The van der Waals surface area contributed by atoms with Crippen LogP contribution in [0.5, 0.6) is 0 Å². The van der Waals surface area contributed by atoms with Crippen molar-refractivity contribution in [3.63, 3.8) is 0 Å². The average molecular weight is 165 g/mol. The highest BCUT2D eigenvalue weighted by atomic mass is 16.3. The predicted octanol–water partition coefficient (Wildman–Crippen LogP) is -0.392. The highest BCUT2D eigenvalue weighted by molar-refractivity contribution is 4.35. The van der Waals surface area contributed by atoms with E-state index in [-0.39, 0.29) is 18.8 Å². The highest BCUT2D eigenvalue weighted by Crippen LogP contribution is 1.98. The van der Waals surface area contributed by atoms with Gasteiger partial charge in [-0.05, 0) is 12.8 Å². The van der Waals surface area contributed by atoms with Crippen molar-refractivity contribution in [2.24, 2.45) is 0 Å². The van der Waals surface area contributed by atoms with Gasteiger partial charge in [-0.1, -0.05) is 0 Å². The number of hydrogen-bond acceptors (Lipinski definition) is 3. The van der Waals surface area contributed by atoms with Crippen molar-refractivity contribution in [2.45, 2.75) is 12.8 Å². The summed E-state index contributed by atoms with van der Waals surface area (Å²) < 4.78 is 0.625. The van der Waals surface area contributed by atoms with E-state index in [2.05, 4.69) is 0 Å². The molecule has 11 heavy (non-hydrogen) atoms. The van der Waals surface area contributed by atoms with Gasteiger partial charge < -0.3 is 20.2 Å². The third-order valence-electron chi connectivity index (χ3n) is 1.55. The molecule has 0 aliphatic carbocycles. The van der Waals surface area contributed by atoms with Gasteiger partial charge >= 0.3 is 0 Å². The molecule has 0 aliphatic heterocycles. The van der Waals surface area contributed by atoms with Crippen LogP contribution in [0.25, 0.3) is 0 Å². The second-order valence-electron chi connectivity index (χ2n) is 3.23. The Hall–Kier alpha value is -0.160. The number of nitrogens with zero attached hydrogens (tertiary/aromatic N) is 1. The molecule has 0 saturated heterocycles. The van der Waals surface area contributed by atoms with Crippen molar-refractivity contribution in [1.29, 1.82) is 0 Å². The van der Waals surface area contributed by atoms with Crippen molar-refractivity contribution < 1.29 is 20.2 Å². The fraction of sp³-hybridized carbons (Fsp3) is 1.00. The molecule has 0 rings (SSSR count). The van der Waals surface area contributed by atoms with Crippen LogP contribution >= 0.6 is 0 Å². The molecule has 0 unspecified atom stereocenters. The summed E-state index contributed by atoms with van der Waals surface area (Å²) in [7, 11) is 3.94. The molecule has 0 aliphatic rings. The number of aliphatic hydroxyl groups is 2. The van der Waals surface area contributed by atoms with Crippen LogP contribution in [0.4, 0.5) is 0 Å². The van der Waals surface area contributed by atoms with Crippen molar-refractivity contribution in [3.05, 3.63) is 0 Å². The highest BCUT2D eigenvalue weighted by Gasteiger charge is 2.10. The van der Waals surface area contributed by atoms with Gasteiger partial charge in [0.15, 0.2) is 6.73 Å². The fourth-order valence-corrected chi connectivity index (χ4v) is 0.722. The first-order valence-corrected chi connectivity index (χ1v) is 3.66. The zero-order valence-corrected chi connectivity index (χ0v) is 7.32. The standard InChI is InChI=1S/C7H18NO2.H2O/c1-8(2,7-10)5-3-4-6-9;/h9-10H,3-7H2,1-2H3;1H2/q+1;/p-1. The van der Waals surface area contributed by atoms with Crippen molar-refractivity contribution in [1.82, 2.24) is 0 Å². The summed E-state index contributed by atoms with van der Waals surface area (Å²) in [6, 6.07) is 0. The average Bonchev–Trinajstić information content (AvgIpc) is 1.89. The molecule has 0 spiro atoms. The van der Waals surface area contributed by atoms with E-state index >= 15 is 0 Å². The van der Waals surface area contributed by atoms with E-state index in [9.17, 15) is 0 Å². The Morgan fingerprint density at radius 2 is 1.64 bits per heavy atom. The summed E-state index contributed by atoms with van der Waals surface area (Å²) in [4.78, 5) is 0. The van der Waals surface area contributed by atoms with Gasteiger partial charge in [0.05, 0.1) is 20.6 Å². The van der Waals surface area contributed by atoms with Gasteiger partial charge in [-0.25, -0.2) is 0 Å². The number of quaternary nitrogens is 1. The van der Waals surface area contributed by atoms with Gasteiger partial charge in [0.1, 0.15) is 0 Å². The second-order valence-corrected chi connectivity index (χ2v) is 3.23. The SMILES string of the molecule is C[N+](C)(CO)CCCCO.[OH-]. The van der Waals surface area contributed by atoms with E-state index in [0.717, 1.165) is 19.4 Å². The molecular formula is C7H19NO3. The lowest BCUT2D eigenvalue weighted by atomic mass is 10.3. The Morgan fingerprint density at radius 1 is 1.09 bits per heavy atom. The molecule has 4 heteroatoms. The Bertz CT molecular complexity index is 85.8. The van der Waals surface area contributed by atoms with Gasteiger partial charge in [-0.2, -0.15) is 0 Å². The topological polar surface area (TPSA) is 70.5 Å². The van der Waals surface area contributed by atoms with Gasteiger partial charge in [-0.15, -0.1) is 0 Å². The third kappa shape index (κ3) is 7.74.